The molecule has 0 fully saturated rings. The van der Waals surface area contributed by atoms with Crippen LogP contribution in [0.3, 0.4) is 0 Å². The molecule has 26 heavy (non-hydrogen) atoms. The van der Waals surface area contributed by atoms with E-state index in [-0.39, 0.29) is 0 Å². The quantitative estimate of drug-likeness (QED) is 0.503. The highest BCUT2D eigenvalue weighted by molar-refractivity contribution is 7.71. The molecular weight excluding hydrogens is 362 g/mol. The molecule has 0 saturated heterocycles. The third-order valence-corrected chi connectivity index (χ3v) is 6.56. The first kappa shape index (κ1) is 16.0. The molecule has 132 valence electrons. The lowest BCUT2D eigenvalue weighted by Gasteiger charge is -2.18. The van der Waals surface area contributed by atoms with Gasteiger partial charge >= 0.3 is 0 Å². The molecule has 5 rings (SSSR count). The summed E-state index contributed by atoms with van der Waals surface area (Å²) in [5, 5.41) is 12.1. The van der Waals surface area contributed by atoms with E-state index in [1.165, 1.54) is 27.8 Å². The Bertz CT molecular complexity index is 1160. The Hall–Kier alpha value is -2.25. The first-order valence-electron chi connectivity index (χ1n) is 8.90. The lowest BCUT2D eigenvalue weighted by molar-refractivity contribution is 0.508. The zero-order valence-electron chi connectivity index (χ0n) is 14.5. The minimum atomic E-state index is 0.578. The van der Waals surface area contributed by atoms with Crippen molar-refractivity contribution in [2.75, 3.05) is 5.32 Å². The number of aryl methyl sites for hydroxylation is 1. The van der Waals surface area contributed by atoms with Crippen LogP contribution in [0.15, 0.2) is 30.3 Å². The maximum absolute atomic E-state index is 5.49. The molecule has 4 aromatic rings. The Morgan fingerprint density at radius 2 is 2.19 bits per heavy atom. The summed E-state index contributed by atoms with van der Waals surface area (Å²) in [6, 6.07) is 10.3. The molecule has 0 amide bonds. The fourth-order valence-corrected chi connectivity index (χ4v) is 5.19. The van der Waals surface area contributed by atoms with Crippen LogP contribution >= 0.6 is 23.6 Å². The van der Waals surface area contributed by atoms with E-state index in [4.69, 9.17) is 17.2 Å². The molecule has 0 radical (unpaired) electrons. The van der Waals surface area contributed by atoms with E-state index in [1.807, 2.05) is 33.9 Å². The van der Waals surface area contributed by atoms with Crippen LogP contribution in [-0.2, 0) is 19.4 Å². The SMILES string of the molecule is C[C@@H]1CCc2sc3nc(NCc4ccccc4)n4c(=S)[nH]nc4c3c2C1. The number of benzene rings is 1. The Morgan fingerprint density at radius 3 is 3.04 bits per heavy atom. The molecule has 0 unspecified atom stereocenters. The number of thiophene rings is 1. The summed E-state index contributed by atoms with van der Waals surface area (Å²) in [5.74, 6) is 1.46. The van der Waals surface area contributed by atoms with Crippen LogP contribution in [0.1, 0.15) is 29.3 Å². The van der Waals surface area contributed by atoms with Crippen molar-refractivity contribution in [1.82, 2.24) is 19.6 Å². The molecule has 5 nitrogen and oxygen atoms in total. The number of nitrogens with zero attached hydrogens (tertiary/aromatic N) is 3. The monoisotopic (exact) mass is 381 g/mol. The number of fused-ring (bicyclic) bond motifs is 5. The third-order valence-electron chi connectivity index (χ3n) is 5.10. The van der Waals surface area contributed by atoms with E-state index >= 15 is 0 Å². The Balaban J connectivity index is 1.66. The van der Waals surface area contributed by atoms with E-state index in [0.717, 1.165) is 29.3 Å². The van der Waals surface area contributed by atoms with Crippen LogP contribution in [0.2, 0.25) is 0 Å². The van der Waals surface area contributed by atoms with Crippen LogP contribution in [0.4, 0.5) is 5.95 Å². The number of aromatic nitrogens is 4. The summed E-state index contributed by atoms with van der Waals surface area (Å²) in [5.41, 5.74) is 3.52. The van der Waals surface area contributed by atoms with Crippen molar-refractivity contribution in [2.24, 2.45) is 5.92 Å². The first-order chi connectivity index (χ1) is 12.7. The molecule has 0 bridgehead atoms. The molecule has 1 atom stereocenters. The molecule has 1 aliphatic rings. The number of H-pyrrole nitrogens is 1. The van der Waals surface area contributed by atoms with Crippen LogP contribution in [0.5, 0.6) is 0 Å². The average Bonchev–Trinajstić information content (AvgIpc) is 3.21. The van der Waals surface area contributed by atoms with E-state index in [9.17, 15) is 0 Å². The molecule has 0 spiro atoms. The van der Waals surface area contributed by atoms with Crippen molar-refractivity contribution in [3.63, 3.8) is 0 Å². The van der Waals surface area contributed by atoms with Gasteiger partial charge in [0.15, 0.2) is 5.65 Å². The van der Waals surface area contributed by atoms with Crippen molar-refractivity contribution in [1.29, 1.82) is 0 Å². The highest BCUT2D eigenvalue weighted by Crippen LogP contribution is 2.39. The van der Waals surface area contributed by atoms with Gasteiger partial charge in [0, 0.05) is 11.4 Å². The Kier molecular flexibility index (Phi) is 3.79. The molecule has 1 aromatic carbocycles. The van der Waals surface area contributed by atoms with Gasteiger partial charge in [-0.05, 0) is 48.5 Å². The molecule has 1 aliphatic carbocycles. The molecular formula is C19H19N5S2. The summed E-state index contributed by atoms with van der Waals surface area (Å²) in [4.78, 5) is 7.44. The minimum absolute atomic E-state index is 0.578. The highest BCUT2D eigenvalue weighted by atomic mass is 32.1. The molecule has 2 N–H and O–H groups in total. The molecule has 3 aromatic heterocycles. The second kappa shape index (κ2) is 6.17. The predicted octanol–water partition coefficient (Wildman–Crippen LogP) is 4.74. The second-order valence-electron chi connectivity index (χ2n) is 6.99. The Labute approximate surface area is 160 Å². The number of rotatable bonds is 3. The van der Waals surface area contributed by atoms with Gasteiger partial charge in [0.1, 0.15) is 4.83 Å². The molecule has 3 heterocycles. The van der Waals surface area contributed by atoms with Gasteiger partial charge in [-0.1, -0.05) is 37.3 Å². The topological polar surface area (TPSA) is 58.0 Å². The zero-order valence-corrected chi connectivity index (χ0v) is 16.1. The highest BCUT2D eigenvalue weighted by Gasteiger charge is 2.24. The van der Waals surface area contributed by atoms with Gasteiger partial charge in [-0.15, -0.1) is 11.3 Å². The van der Waals surface area contributed by atoms with E-state index < -0.39 is 0 Å². The fourth-order valence-electron chi connectivity index (χ4n) is 3.76. The fraction of sp³-hybridized carbons (Fsp3) is 0.316. The van der Waals surface area contributed by atoms with Crippen molar-refractivity contribution >= 4 is 45.4 Å². The van der Waals surface area contributed by atoms with Crippen molar-refractivity contribution in [3.8, 4) is 0 Å². The Morgan fingerprint density at radius 1 is 1.35 bits per heavy atom. The number of hydrogen-bond acceptors (Lipinski definition) is 5. The van der Waals surface area contributed by atoms with Crippen LogP contribution in [-0.4, -0.2) is 19.6 Å². The summed E-state index contributed by atoms with van der Waals surface area (Å²) in [7, 11) is 0. The normalized spacial score (nSPS) is 16.9. The van der Waals surface area contributed by atoms with Crippen LogP contribution < -0.4 is 5.32 Å². The third kappa shape index (κ3) is 2.54. The first-order valence-corrected chi connectivity index (χ1v) is 10.1. The largest absolute Gasteiger partial charge is 0.351 e. The van der Waals surface area contributed by atoms with Gasteiger partial charge in [0.05, 0.1) is 5.39 Å². The van der Waals surface area contributed by atoms with Gasteiger partial charge in [-0.25, -0.2) is 9.38 Å². The van der Waals surface area contributed by atoms with E-state index in [1.54, 1.807) is 0 Å². The smallest absolute Gasteiger partial charge is 0.212 e. The summed E-state index contributed by atoms with van der Waals surface area (Å²) in [6.07, 6.45) is 3.49. The lowest BCUT2D eigenvalue weighted by atomic mass is 9.89. The maximum Gasteiger partial charge on any atom is 0.212 e. The molecule has 0 aliphatic heterocycles. The van der Waals surface area contributed by atoms with Crippen molar-refractivity contribution in [3.05, 3.63) is 51.1 Å². The predicted molar refractivity (Wildman–Crippen MR) is 109 cm³/mol. The van der Waals surface area contributed by atoms with Crippen LogP contribution in [0, 0.1) is 10.7 Å². The van der Waals surface area contributed by atoms with Gasteiger partial charge in [-0.3, -0.25) is 5.10 Å². The average molecular weight is 382 g/mol. The summed E-state index contributed by atoms with van der Waals surface area (Å²) >= 11 is 7.30. The second-order valence-corrected chi connectivity index (χ2v) is 8.46. The number of aromatic amines is 1. The van der Waals surface area contributed by atoms with Gasteiger partial charge in [-0.2, -0.15) is 5.10 Å². The van der Waals surface area contributed by atoms with Crippen molar-refractivity contribution in [2.45, 2.75) is 32.7 Å². The summed E-state index contributed by atoms with van der Waals surface area (Å²) in [6.45, 7) is 3.02. The molecule has 7 heteroatoms. The standard InChI is InChI=1S/C19H19N5S2/c1-11-7-8-14-13(9-11)15-16-22-23-19(25)24(16)18(21-17(15)26-14)20-10-12-5-3-2-4-6-12/h2-6,11H,7-10H2,1H3,(H,20,21)(H,23,25)/t11-/m1/s1. The minimum Gasteiger partial charge on any atom is -0.351 e. The number of nitrogens with one attached hydrogen (secondary N) is 2. The van der Waals surface area contributed by atoms with E-state index in [2.05, 4.69) is 34.6 Å². The zero-order chi connectivity index (χ0) is 17.7. The maximum atomic E-state index is 5.49. The van der Waals surface area contributed by atoms with Gasteiger partial charge in [0.2, 0.25) is 10.7 Å². The number of hydrogen-bond donors (Lipinski definition) is 2. The van der Waals surface area contributed by atoms with Crippen LogP contribution in [0.25, 0.3) is 15.9 Å². The summed E-state index contributed by atoms with van der Waals surface area (Å²) < 4.78 is 2.51. The molecule has 0 saturated carbocycles. The van der Waals surface area contributed by atoms with Gasteiger partial charge in [0.25, 0.3) is 0 Å². The lowest BCUT2D eigenvalue weighted by Crippen LogP contribution is -2.10. The number of anilines is 1. The van der Waals surface area contributed by atoms with Gasteiger partial charge < -0.3 is 5.32 Å². The van der Waals surface area contributed by atoms with E-state index in [0.29, 0.717) is 17.2 Å². The van der Waals surface area contributed by atoms with Crippen molar-refractivity contribution < 1.29 is 0 Å².